The fourth-order valence-corrected chi connectivity index (χ4v) is 1.49. The summed E-state index contributed by atoms with van der Waals surface area (Å²) in [5, 5.41) is 0. The zero-order valence-electron chi connectivity index (χ0n) is 8.65. The predicted octanol–water partition coefficient (Wildman–Crippen LogP) is 1.38. The van der Waals surface area contributed by atoms with Gasteiger partial charge < -0.3 is 9.47 Å². The molecule has 0 fully saturated rings. The van der Waals surface area contributed by atoms with Crippen molar-refractivity contribution in [2.75, 3.05) is 19.0 Å². The van der Waals surface area contributed by atoms with Crippen LogP contribution in [-0.4, -0.2) is 35.1 Å². The number of thiocarbonyl (C=S) groups is 1. The number of esters is 1. The molecule has 0 aliphatic heterocycles. The van der Waals surface area contributed by atoms with Crippen LogP contribution in [0.2, 0.25) is 0 Å². The minimum Gasteiger partial charge on any atom is -0.479 e. The first-order chi connectivity index (χ1) is 7.10. The Balaban J connectivity index is 3.66. The summed E-state index contributed by atoms with van der Waals surface area (Å²) in [5.41, 5.74) is 0. The number of carbonyl (C=O) groups excluding carboxylic acids is 2. The van der Waals surface area contributed by atoms with Gasteiger partial charge in [-0.1, -0.05) is 11.8 Å². The lowest BCUT2D eigenvalue weighted by Gasteiger charge is -2.03. The van der Waals surface area contributed by atoms with Crippen molar-refractivity contribution in [2.24, 2.45) is 0 Å². The van der Waals surface area contributed by atoms with Gasteiger partial charge in [-0.05, 0) is 26.1 Å². The van der Waals surface area contributed by atoms with Crippen LogP contribution < -0.4 is 0 Å². The van der Waals surface area contributed by atoms with Crippen LogP contribution in [0.3, 0.4) is 0 Å². The molecular formula is C9H13O4S2. The lowest BCUT2D eigenvalue weighted by atomic mass is 10.3. The molecule has 1 radical (unpaired) electrons. The minimum atomic E-state index is -0.620. The van der Waals surface area contributed by atoms with Crippen molar-refractivity contribution in [3.63, 3.8) is 0 Å². The van der Waals surface area contributed by atoms with Gasteiger partial charge in [-0.3, -0.25) is 9.59 Å². The van der Waals surface area contributed by atoms with Crippen LogP contribution in [0.1, 0.15) is 13.8 Å². The third kappa shape index (κ3) is 8.38. The molecule has 0 unspecified atom stereocenters. The molecule has 0 aromatic heterocycles. The van der Waals surface area contributed by atoms with Crippen LogP contribution >= 0.6 is 24.0 Å². The molecule has 0 N–H and O–H groups in total. The molecule has 0 aliphatic carbocycles. The molecule has 0 rings (SSSR count). The van der Waals surface area contributed by atoms with Crippen LogP contribution in [0.4, 0.5) is 0 Å². The zero-order valence-corrected chi connectivity index (χ0v) is 10.3. The van der Waals surface area contributed by atoms with Crippen molar-refractivity contribution in [3.05, 3.63) is 6.42 Å². The fraction of sp³-hybridized carbons (Fsp3) is 0.556. The Kier molecular flexibility index (Phi) is 8.31. The van der Waals surface area contributed by atoms with Gasteiger partial charge in [-0.25, -0.2) is 0 Å². The SMILES string of the molecule is CCOC(=O)[CH]C(=O)CSC(=S)OCC. The number of ketones is 1. The standard InChI is InChI=1S/C9H13O4S2/c1-3-12-8(11)5-7(10)6-15-9(14)13-4-2/h5H,3-4,6H2,1-2H3. The second-order valence-corrected chi connectivity index (χ2v) is 3.91. The second kappa shape index (κ2) is 8.67. The Morgan fingerprint density at radius 1 is 1.27 bits per heavy atom. The number of hydrogen-bond acceptors (Lipinski definition) is 6. The number of carbonyl (C=O) groups is 2. The highest BCUT2D eigenvalue weighted by Crippen LogP contribution is 2.06. The Labute approximate surface area is 98.7 Å². The van der Waals surface area contributed by atoms with Gasteiger partial charge >= 0.3 is 5.97 Å². The molecule has 0 saturated heterocycles. The van der Waals surface area contributed by atoms with Crippen LogP contribution in [-0.2, 0) is 19.1 Å². The minimum absolute atomic E-state index is 0.0949. The summed E-state index contributed by atoms with van der Waals surface area (Å²) in [6, 6.07) is 0. The van der Waals surface area contributed by atoms with Crippen LogP contribution in [0.5, 0.6) is 0 Å². The highest BCUT2D eigenvalue weighted by molar-refractivity contribution is 8.23. The van der Waals surface area contributed by atoms with E-state index < -0.39 is 5.97 Å². The monoisotopic (exact) mass is 249 g/mol. The van der Waals surface area contributed by atoms with E-state index in [0.717, 1.165) is 18.2 Å². The smallest absolute Gasteiger partial charge is 0.317 e. The van der Waals surface area contributed by atoms with Crippen LogP contribution in [0, 0.1) is 6.42 Å². The van der Waals surface area contributed by atoms with E-state index in [1.165, 1.54) is 0 Å². The van der Waals surface area contributed by atoms with Gasteiger partial charge in [0.15, 0.2) is 5.78 Å². The number of rotatable bonds is 6. The van der Waals surface area contributed by atoms with Crippen LogP contribution in [0.25, 0.3) is 0 Å². The summed E-state index contributed by atoms with van der Waals surface area (Å²) in [6.07, 6.45) is 0.922. The summed E-state index contributed by atoms with van der Waals surface area (Å²) in [4.78, 5) is 22.0. The normalized spacial score (nSPS) is 9.47. The molecule has 0 aliphatic rings. The van der Waals surface area contributed by atoms with E-state index in [0.29, 0.717) is 11.0 Å². The van der Waals surface area contributed by atoms with Gasteiger partial charge in [0.05, 0.1) is 19.0 Å². The third-order valence-electron chi connectivity index (χ3n) is 1.16. The Morgan fingerprint density at radius 3 is 2.40 bits per heavy atom. The maximum absolute atomic E-state index is 11.1. The van der Waals surface area contributed by atoms with E-state index in [1.54, 1.807) is 13.8 Å². The van der Waals surface area contributed by atoms with Gasteiger partial charge in [0.2, 0.25) is 4.38 Å². The topological polar surface area (TPSA) is 52.6 Å². The van der Waals surface area contributed by atoms with E-state index in [1.807, 2.05) is 0 Å². The number of hydrogen-bond donors (Lipinski definition) is 0. The number of thioether (sulfide) groups is 1. The van der Waals surface area contributed by atoms with Crippen molar-refractivity contribution >= 4 is 40.1 Å². The Bertz CT molecular complexity index is 240. The maximum Gasteiger partial charge on any atom is 0.317 e. The summed E-state index contributed by atoms with van der Waals surface area (Å²) >= 11 is 5.88. The lowest BCUT2D eigenvalue weighted by molar-refractivity contribution is -0.140. The van der Waals surface area contributed by atoms with E-state index in [2.05, 4.69) is 4.74 Å². The molecule has 15 heavy (non-hydrogen) atoms. The van der Waals surface area contributed by atoms with Crippen molar-refractivity contribution in [3.8, 4) is 0 Å². The summed E-state index contributed by atoms with van der Waals surface area (Å²) < 4.78 is 9.84. The van der Waals surface area contributed by atoms with Gasteiger partial charge in [0.1, 0.15) is 6.42 Å². The summed E-state index contributed by atoms with van der Waals surface area (Å²) in [7, 11) is 0. The van der Waals surface area contributed by atoms with Crippen molar-refractivity contribution in [1.29, 1.82) is 0 Å². The molecule has 0 amide bonds. The second-order valence-electron chi connectivity index (χ2n) is 2.33. The lowest BCUT2D eigenvalue weighted by Crippen LogP contribution is -2.14. The molecule has 0 saturated carbocycles. The first-order valence-corrected chi connectivity index (χ1v) is 5.83. The molecule has 6 heteroatoms. The Morgan fingerprint density at radius 2 is 1.87 bits per heavy atom. The molecular weight excluding hydrogens is 236 g/mol. The van der Waals surface area contributed by atoms with E-state index in [4.69, 9.17) is 17.0 Å². The fourth-order valence-electron chi connectivity index (χ4n) is 0.647. The number of ether oxygens (including phenoxy) is 2. The molecule has 4 nitrogen and oxygen atoms in total. The summed E-state index contributed by atoms with van der Waals surface area (Å²) in [5.74, 6) is -0.858. The largest absolute Gasteiger partial charge is 0.479 e. The zero-order chi connectivity index (χ0) is 11.7. The average Bonchev–Trinajstić information content (AvgIpc) is 2.15. The molecule has 0 aromatic rings. The highest BCUT2D eigenvalue weighted by Gasteiger charge is 2.12. The highest BCUT2D eigenvalue weighted by atomic mass is 32.2. The van der Waals surface area contributed by atoms with Crippen molar-refractivity contribution in [1.82, 2.24) is 0 Å². The van der Waals surface area contributed by atoms with E-state index in [-0.39, 0.29) is 18.1 Å². The quantitative estimate of drug-likeness (QED) is 0.403. The van der Waals surface area contributed by atoms with Gasteiger partial charge in [0, 0.05) is 0 Å². The summed E-state index contributed by atoms with van der Waals surface area (Å²) in [6.45, 7) is 4.21. The molecule has 0 aromatic carbocycles. The first kappa shape index (κ1) is 14.4. The number of Topliss-reactive ketones (excluding diaryl/α,β-unsaturated/α-hetero) is 1. The molecule has 85 valence electrons. The van der Waals surface area contributed by atoms with E-state index >= 15 is 0 Å². The third-order valence-corrected chi connectivity index (χ3v) is 2.41. The van der Waals surface area contributed by atoms with Gasteiger partial charge in [-0.15, -0.1) is 0 Å². The predicted molar refractivity (Wildman–Crippen MR) is 62.6 cm³/mol. The maximum atomic E-state index is 11.1. The molecule has 0 spiro atoms. The Hall–Kier alpha value is -0.620. The molecule has 0 atom stereocenters. The molecule has 0 bridgehead atoms. The van der Waals surface area contributed by atoms with Gasteiger partial charge in [0.25, 0.3) is 0 Å². The van der Waals surface area contributed by atoms with Gasteiger partial charge in [-0.2, -0.15) is 0 Å². The van der Waals surface area contributed by atoms with Crippen molar-refractivity contribution < 1.29 is 19.1 Å². The van der Waals surface area contributed by atoms with Crippen LogP contribution in [0.15, 0.2) is 0 Å². The molecule has 0 heterocycles. The van der Waals surface area contributed by atoms with E-state index in [9.17, 15) is 9.59 Å². The average molecular weight is 249 g/mol. The first-order valence-electron chi connectivity index (χ1n) is 4.44. The van der Waals surface area contributed by atoms with Crippen molar-refractivity contribution in [2.45, 2.75) is 13.8 Å².